The lowest BCUT2D eigenvalue weighted by Crippen LogP contribution is -1.92. The number of benzene rings is 4. The zero-order chi connectivity index (χ0) is 17.5. The van der Waals surface area contributed by atoms with Crippen LogP contribution in [0.3, 0.4) is 0 Å². The average molecular weight is 398 g/mol. The first-order valence-corrected chi connectivity index (χ1v) is 9.46. The lowest BCUT2D eigenvalue weighted by molar-refractivity contribution is 1.18. The Morgan fingerprint density at radius 1 is 0.615 bits per heavy atom. The molecule has 0 aliphatic carbocycles. The van der Waals surface area contributed by atoms with Crippen LogP contribution in [0.15, 0.2) is 102 Å². The highest BCUT2D eigenvalue weighted by Gasteiger charge is 2.15. The molecule has 0 unspecified atom stereocenters. The summed E-state index contributed by atoms with van der Waals surface area (Å²) in [6, 6.07) is 34.3. The fraction of sp³-hybridized carbons (Fsp3) is 0. The SMILES string of the molecule is Brc1cccc(-c2cccc3c2c2ccccc2n3-c2ccccc2)c1. The van der Waals surface area contributed by atoms with Crippen molar-refractivity contribution in [3.63, 3.8) is 0 Å². The molecule has 0 spiro atoms. The second-order valence-electron chi connectivity index (χ2n) is 6.40. The van der Waals surface area contributed by atoms with Crippen LogP contribution in [0.5, 0.6) is 0 Å². The molecule has 1 nitrogen and oxygen atoms in total. The van der Waals surface area contributed by atoms with Gasteiger partial charge in [-0.25, -0.2) is 0 Å². The highest BCUT2D eigenvalue weighted by molar-refractivity contribution is 9.10. The van der Waals surface area contributed by atoms with E-state index in [9.17, 15) is 0 Å². The Labute approximate surface area is 160 Å². The molecule has 0 saturated heterocycles. The van der Waals surface area contributed by atoms with E-state index in [4.69, 9.17) is 0 Å². The van der Waals surface area contributed by atoms with Crippen molar-refractivity contribution in [2.24, 2.45) is 0 Å². The number of rotatable bonds is 2. The molecule has 0 bridgehead atoms. The standard InChI is InChI=1S/C24H16BrN/c25-18-9-6-8-17(16-18)20-13-7-15-23-24(20)21-12-4-5-14-22(21)26(23)19-10-2-1-3-11-19/h1-16H. The van der Waals surface area contributed by atoms with Crippen molar-refractivity contribution >= 4 is 37.7 Å². The molecule has 4 aromatic carbocycles. The topological polar surface area (TPSA) is 4.93 Å². The lowest BCUT2D eigenvalue weighted by Gasteiger charge is -2.08. The molecule has 1 aromatic heterocycles. The maximum Gasteiger partial charge on any atom is 0.0547 e. The summed E-state index contributed by atoms with van der Waals surface area (Å²) in [6.07, 6.45) is 0. The summed E-state index contributed by atoms with van der Waals surface area (Å²) in [5.41, 5.74) is 6.13. The summed E-state index contributed by atoms with van der Waals surface area (Å²) in [4.78, 5) is 0. The van der Waals surface area contributed by atoms with Crippen LogP contribution in [0.1, 0.15) is 0 Å². The van der Waals surface area contributed by atoms with Gasteiger partial charge >= 0.3 is 0 Å². The fourth-order valence-corrected chi connectivity index (χ4v) is 4.17. The van der Waals surface area contributed by atoms with Crippen molar-refractivity contribution in [1.82, 2.24) is 4.57 Å². The number of fused-ring (bicyclic) bond motifs is 3. The minimum absolute atomic E-state index is 1.10. The predicted octanol–water partition coefficient (Wildman–Crippen LogP) is 7.21. The van der Waals surface area contributed by atoms with Crippen molar-refractivity contribution < 1.29 is 0 Å². The van der Waals surface area contributed by atoms with Crippen LogP contribution in [0, 0.1) is 0 Å². The Morgan fingerprint density at radius 2 is 1.35 bits per heavy atom. The zero-order valence-electron chi connectivity index (χ0n) is 14.1. The van der Waals surface area contributed by atoms with Crippen molar-refractivity contribution in [3.05, 3.63) is 102 Å². The Morgan fingerprint density at radius 3 is 2.19 bits per heavy atom. The van der Waals surface area contributed by atoms with Gasteiger partial charge in [-0.3, -0.25) is 0 Å². The molecule has 124 valence electrons. The fourth-order valence-electron chi connectivity index (χ4n) is 3.77. The van der Waals surface area contributed by atoms with E-state index >= 15 is 0 Å². The summed E-state index contributed by atoms with van der Waals surface area (Å²) >= 11 is 3.61. The van der Waals surface area contributed by atoms with Gasteiger partial charge in [0.15, 0.2) is 0 Å². The van der Waals surface area contributed by atoms with Gasteiger partial charge in [-0.1, -0.05) is 76.6 Å². The average Bonchev–Trinajstić information content (AvgIpc) is 3.03. The molecule has 0 saturated carbocycles. The number of para-hydroxylation sites is 2. The van der Waals surface area contributed by atoms with Crippen LogP contribution >= 0.6 is 15.9 Å². The predicted molar refractivity (Wildman–Crippen MR) is 114 cm³/mol. The molecule has 0 N–H and O–H groups in total. The highest BCUT2D eigenvalue weighted by atomic mass is 79.9. The molecule has 0 radical (unpaired) electrons. The molecule has 2 heteroatoms. The number of halogens is 1. The van der Waals surface area contributed by atoms with Crippen molar-refractivity contribution in [2.75, 3.05) is 0 Å². The Kier molecular flexibility index (Phi) is 3.65. The van der Waals surface area contributed by atoms with Gasteiger partial charge in [-0.15, -0.1) is 0 Å². The molecule has 5 aromatic rings. The largest absolute Gasteiger partial charge is 0.309 e. The van der Waals surface area contributed by atoms with Crippen LogP contribution < -0.4 is 0 Å². The van der Waals surface area contributed by atoms with Gasteiger partial charge in [-0.05, 0) is 47.5 Å². The van der Waals surface area contributed by atoms with E-state index < -0.39 is 0 Å². The van der Waals surface area contributed by atoms with E-state index in [2.05, 4.69) is 118 Å². The van der Waals surface area contributed by atoms with Crippen molar-refractivity contribution in [3.8, 4) is 16.8 Å². The molecule has 0 amide bonds. The Balaban J connectivity index is 1.94. The van der Waals surface area contributed by atoms with E-state index in [1.165, 1.54) is 38.6 Å². The molecular weight excluding hydrogens is 382 g/mol. The molecule has 0 aliphatic rings. The summed E-state index contributed by atoms with van der Waals surface area (Å²) in [5.74, 6) is 0. The molecule has 0 fully saturated rings. The molecular formula is C24H16BrN. The maximum atomic E-state index is 3.61. The van der Waals surface area contributed by atoms with E-state index in [1.807, 2.05) is 0 Å². The first-order chi connectivity index (χ1) is 12.8. The molecule has 1 heterocycles. The Bertz CT molecular complexity index is 1240. The van der Waals surface area contributed by atoms with Gasteiger partial charge in [0.2, 0.25) is 0 Å². The molecule has 0 aliphatic heterocycles. The van der Waals surface area contributed by atoms with Gasteiger partial charge < -0.3 is 4.57 Å². The van der Waals surface area contributed by atoms with Gasteiger partial charge in [-0.2, -0.15) is 0 Å². The van der Waals surface area contributed by atoms with Crippen LogP contribution in [-0.2, 0) is 0 Å². The van der Waals surface area contributed by atoms with Gasteiger partial charge in [0.1, 0.15) is 0 Å². The first-order valence-electron chi connectivity index (χ1n) is 8.66. The second-order valence-corrected chi connectivity index (χ2v) is 7.31. The van der Waals surface area contributed by atoms with E-state index in [-0.39, 0.29) is 0 Å². The second kappa shape index (κ2) is 6.15. The molecule has 5 rings (SSSR count). The van der Waals surface area contributed by atoms with Gasteiger partial charge in [0.05, 0.1) is 11.0 Å². The lowest BCUT2D eigenvalue weighted by atomic mass is 9.99. The van der Waals surface area contributed by atoms with Crippen LogP contribution in [-0.4, -0.2) is 4.57 Å². The van der Waals surface area contributed by atoms with E-state index in [1.54, 1.807) is 0 Å². The maximum absolute atomic E-state index is 3.61. The minimum atomic E-state index is 1.10. The summed E-state index contributed by atoms with van der Waals surface area (Å²) in [5, 5.41) is 2.58. The number of hydrogen-bond donors (Lipinski definition) is 0. The van der Waals surface area contributed by atoms with E-state index in [0.29, 0.717) is 0 Å². The first kappa shape index (κ1) is 15.4. The highest BCUT2D eigenvalue weighted by Crippen LogP contribution is 2.38. The van der Waals surface area contributed by atoms with Crippen LogP contribution in [0.25, 0.3) is 38.6 Å². The third kappa shape index (κ3) is 2.38. The number of aromatic nitrogens is 1. The van der Waals surface area contributed by atoms with Gasteiger partial charge in [0.25, 0.3) is 0 Å². The molecule has 26 heavy (non-hydrogen) atoms. The van der Waals surface area contributed by atoms with Crippen molar-refractivity contribution in [1.29, 1.82) is 0 Å². The van der Waals surface area contributed by atoms with Gasteiger partial charge in [0, 0.05) is 20.9 Å². The van der Waals surface area contributed by atoms with Crippen LogP contribution in [0.2, 0.25) is 0 Å². The van der Waals surface area contributed by atoms with E-state index in [0.717, 1.165) is 4.47 Å². The minimum Gasteiger partial charge on any atom is -0.309 e. The smallest absolute Gasteiger partial charge is 0.0547 e. The summed E-state index contributed by atoms with van der Waals surface area (Å²) in [7, 11) is 0. The summed E-state index contributed by atoms with van der Waals surface area (Å²) in [6.45, 7) is 0. The Hall–Kier alpha value is -2.84. The quantitative estimate of drug-likeness (QED) is 0.296. The normalized spacial score (nSPS) is 11.3. The number of nitrogens with zero attached hydrogens (tertiary/aromatic N) is 1. The molecule has 0 atom stereocenters. The van der Waals surface area contributed by atoms with Crippen LogP contribution in [0.4, 0.5) is 0 Å². The monoisotopic (exact) mass is 397 g/mol. The third-order valence-corrected chi connectivity index (χ3v) is 5.34. The zero-order valence-corrected chi connectivity index (χ0v) is 15.6. The number of hydrogen-bond acceptors (Lipinski definition) is 0. The van der Waals surface area contributed by atoms with Crippen molar-refractivity contribution in [2.45, 2.75) is 0 Å². The third-order valence-electron chi connectivity index (χ3n) is 4.85. The summed E-state index contributed by atoms with van der Waals surface area (Å²) < 4.78 is 3.45.